The fourth-order valence-electron chi connectivity index (χ4n) is 3.44. The Kier molecular flexibility index (Phi) is 7.64. The lowest BCUT2D eigenvalue weighted by Gasteiger charge is -2.34. The van der Waals surface area contributed by atoms with Crippen molar-refractivity contribution in [3.05, 3.63) is 59.8 Å². The summed E-state index contributed by atoms with van der Waals surface area (Å²) in [6, 6.07) is 13.0. The number of hydrogen-bond acceptors (Lipinski definition) is 6. The molecule has 9 heteroatoms. The molecule has 3 atom stereocenters. The normalized spacial score (nSPS) is 20.7. The Morgan fingerprint density at radius 1 is 1.19 bits per heavy atom. The number of sulfonamides is 1. The van der Waals surface area contributed by atoms with E-state index in [1.807, 2.05) is 51.1 Å². The van der Waals surface area contributed by atoms with Gasteiger partial charge in [-0.15, -0.1) is 0 Å². The van der Waals surface area contributed by atoms with Gasteiger partial charge in [-0.05, 0) is 32.4 Å². The molecule has 1 aromatic carbocycles. The zero-order chi connectivity index (χ0) is 22.4. The molecule has 1 aliphatic heterocycles. The summed E-state index contributed by atoms with van der Waals surface area (Å²) in [6.07, 6.45) is 0.945. The van der Waals surface area contributed by atoms with E-state index < -0.39 is 10.0 Å². The minimum Gasteiger partial charge on any atom is -0.470 e. The summed E-state index contributed by atoms with van der Waals surface area (Å²) in [6.45, 7) is 6.29. The number of amides is 1. The molecule has 168 valence electrons. The number of nitrogens with one attached hydrogen (secondary N) is 1. The number of aromatic nitrogens is 1. The Labute approximate surface area is 183 Å². The summed E-state index contributed by atoms with van der Waals surface area (Å²) in [5.74, 6) is -0.137. The minimum atomic E-state index is -3.47. The van der Waals surface area contributed by atoms with Crippen molar-refractivity contribution in [3.63, 3.8) is 0 Å². The molecule has 1 saturated heterocycles. The van der Waals surface area contributed by atoms with Crippen LogP contribution in [0, 0.1) is 0 Å². The van der Waals surface area contributed by atoms with Gasteiger partial charge in [-0.3, -0.25) is 4.79 Å². The standard InChI is InChI=1S/C22H29N3O5S/c1-16-14-25(15-17(2)29-16)31(27,28)12-11-23-22(26)20-9-10-21(24-13-20)30-18(3)19-7-5-4-6-8-19/h4-10,13,16-18H,11-12,14-15H2,1-3H3,(H,23,26)/t16-,17+,18-/m0/s1. The molecular weight excluding hydrogens is 418 g/mol. The predicted octanol–water partition coefficient (Wildman–Crippen LogP) is 2.39. The van der Waals surface area contributed by atoms with Crippen molar-refractivity contribution in [1.29, 1.82) is 0 Å². The molecule has 0 bridgehead atoms. The quantitative estimate of drug-likeness (QED) is 0.667. The highest BCUT2D eigenvalue weighted by Crippen LogP contribution is 2.20. The molecule has 31 heavy (non-hydrogen) atoms. The molecule has 2 aromatic rings. The summed E-state index contributed by atoms with van der Waals surface area (Å²) in [4.78, 5) is 16.5. The third kappa shape index (κ3) is 6.49. The van der Waals surface area contributed by atoms with E-state index in [1.54, 1.807) is 12.1 Å². The number of rotatable bonds is 8. The fourth-order valence-corrected chi connectivity index (χ4v) is 4.93. The highest BCUT2D eigenvalue weighted by Gasteiger charge is 2.30. The van der Waals surface area contributed by atoms with Gasteiger partial charge in [0.05, 0.1) is 23.5 Å². The monoisotopic (exact) mass is 447 g/mol. The first-order valence-corrected chi connectivity index (χ1v) is 11.9. The molecule has 2 heterocycles. The Morgan fingerprint density at radius 3 is 2.48 bits per heavy atom. The van der Waals surface area contributed by atoms with Gasteiger partial charge < -0.3 is 14.8 Å². The SMILES string of the molecule is C[C@@H]1CN(S(=O)(=O)CCNC(=O)c2ccc(O[C@@H](C)c3ccccc3)nc2)C[C@H](C)O1. The molecule has 3 rings (SSSR count). The topological polar surface area (TPSA) is 97.8 Å². The van der Waals surface area contributed by atoms with Crippen molar-refractivity contribution < 1.29 is 22.7 Å². The fraction of sp³-hybridized carbons (Fsp3) is 0.455. The van der Waals surface area contributed by atoms with E-state index in [9.17, 15) is 13.2 Å². The second-order valence-corrected chi connectivity index (χ2v) is 9.79. The Morgan fingerprint density at radius 2 is 1.87 bits per heavy atom. The Balaban J connectivity index is 1.49. The number of nitrogens with zero attached hydrogens (tertiary/aromatic N) is 2. The average Bonchev–Trinajstić information content (AvgIpc) is 2.74. The Bertz CT molecular complexity index is 956. The van der Waals surface area contributed by atoms with Crippen molar-refractivity contribution in [1.82, 2.24) is 14.6 Å². The summed E-state index contributed by atoms with van der Waals surface area (Å²) in [5.41, 5.74) is 1.36. The summed E-state index contributed by atoms with van der Waals surface area (Å²) in [5, 5.41) is 2.65. The van der Waals surface area contributed by atoms with Crippen LogP contribution in [0.4, 0.5) is 0 Å². The summed E-state index contributed by atoms with van der Waals surface area (Å²) >= 11 is 0. The van der Waals surface area contributed by atoms with Gasteiger partial charge in [-0.1, -0.05) is 30.3 Å². The van der Waals surface area contributed by atoms with Crippen molar-refractivity contribution in [3.8, 4) is 5.88 Å². The maximum absolute atomic E-state index is 12.5. The summed E-state index contributed by atoms with van der Waals surface area (Å²) in [7, 11) is -3.47. The first-order chi connectivity index (χ1) is 14.7. The lowest BCUT2D eigenvalue weighted by molar-refractivity contribution is -0.0440. The molecule has 0 spiro atoms. The van der Waals surface area contributed by atoms with E-state index in [0.29, 0.717) is 24.5 Å². The molecule has 1 aliphatic rings. The number of benzene rings is 1. The van der Waals surface area contributed by atoms with Crippen molar-refractivity contribution in [2.75, 3.05) is 25.4 Å². The molecule has 8 nitrogen and oxygen atoms in total. The van der Waals surface area contributed by atoms with Gasteiger partial charge in [-0.2, -0.15) is 4.31 Å². The van der Waals surface area contributed by atoms with E-state index in [-0.39, 0.29) is 36.5 Å². The van der Waals surface area contributed by atoms with Crippen LogP contribution in [0.3, 0.4) is 0 Å². The predicted molar refractivity (Wildman–Crippen MR) is 117 cm³/mol. The van der Waals surface area contributed by atoms with Crippen molar-refractivity contribution in [2.24, 2.45) is 0 Å². The second kappa shape index (κ2) is 10.2. The van der Waals surface area contributed by atoms with Crippen LogP contribution in [-0.2, 0) is 14.8 Å². The van der Waals surface area contributed by atoms with Crippen LogP contribution < -0.4 is 10.1 Å². The number of carbonyl (C=O) groups is 1. The number of hydrogen-bond donors (Lipinski definition) is 1. The van der Waals surface area contributed by atoms with Crippen LogP contribution in [0.2, 0.25) is 0 Å². The lowest BCUT2D eigenvalue weighted by Crippen LogP contribution is -2.49. The third-order valence-electron chi connectivity index (χ3n) is 4.99. The van der Waals surface area contributed by atoms with E-state index in [4.69, 9.17) is 9.47 Å². The molecule has 1 N–H and O–H groups in total. The molecule has 1 fully saturated rings. The third-order valence-corrected chi connectivity index (χ3v) is 6.80. The van der Waals surface area contributed by atoms with E-state index in [0.717, 1.165) is 5.56 Å². The van der Waals surface area contributed by atoms with Gasteiger partial charge >= 0.3 is 0 Å². The number of ether oxygens (including phenoxy) is 2. The highest BCUT2D eigenvalue weighted by molar-refractivity contribution is 7.89. The first kappa shape index (κ1) is 23.2. The van der Waals surface area contributed by atoms with E-state index in [2.05, 4.69) is 10.3 Å². The number of carbonyl (C=O) groups excluding carboxylic acids is 1. The molecular formula is C22H29N3O5S. The number of morpholine rings is 1. The molecule has 0 aliphatic carbocycles. The van der Waals surface area contributed by atoms with E-state index >= 15 is 0 Å². The molecule has 1 amide bonds. The molecule has 0 saturated carbocycles. The van der Waals surface area contributed by atoms with Gasteiger partial charge in [0.1, 0.15) is 6.10 Å². The highest BCUT2D eigenvalue weighted by atomic mass is 32.2. The van der Waals surface area contributed by atoms with Crippen molar-refractivity contribution >= 4 is 15.9 Å². The largest absolute Gasteiger partial charge is 0.470 e. The zero-order valence-electron chi connectivity index (χ0n) is 18.0. The lowest BCUT2D eigenvalue weighted by atomic mass is 10.1. The Hall–Kier alpha value is -2.49. The van der Waals surface area contributed by atoms with Gasteiger partial charge in [0.2, 0.25) is 15.9 Å². The van der Waals surface area contributed by atoms with Gasteiger partial charge in [0.15, 0.2) is 0 Å². The van der Waals surface area contributed by atoms with Gasteiger partial charge in [-0.25, -0.2) is 13.4 Å². The second-order valence-electron chi connectivity index (χ2n) is 7.70. The zero-order valence-corrected chi connectivity index (χ0v) is 18.8. The van der Waals surface area contributed by atoms with Crippen LogP contribution >= 0.6 is 0 Å². The van der Waals surface area contributed by atoms with Gasteiger partial charge in [0, 0.05) is 31.9 Å². The van der Waals surface area contributed by atoms with Crippen LogP contribution in [-0.4, -0.2) is 61.2 Å². The minimum absolute atomic E-state index is 0.0184. The van der Waals surface area contributed by atoms with E-state index in [1.165, 1.54) is 10.5 Å². The van der Waals surface area contributed by atoms with Gasteiger partial charge in [0.25, 0.3) is 5.91 Å². The average molecular weight is 448 g/mol. The van der Waals surface area contributed by atoms with Crippen LogP contribution in [0.5, 0.6) is 5.88 Å². The van der Waals surface area contributed by atoms with Crippen LogP contribution in [0.25, 0.3) is 0 Å². The molecule has 0 unspecified atom stereocenters. The summed E-state index contributed by atoms with van der Waals surface area (Å²) < 4.78 is 37.9. The first-order valence-electron chi connectivity index (χ1n) is 10.3. The van der Waals surface area contributed by atoms with Crippen molar-refractivity contribution in [2.45, 2.75) is 39.1 Å². The van der Waals surface area contributed by atoms with Crippen LogP contribution in [0.15, 0.2) is 48.7 Å². The van der Waals surface area contributed by atoms with Crippen LogP contribution in [0.1, 0.15) is 42.8 Å². The molecule has 0 radical (unpaired) electrons. The number of pyridine rings is 1. The molecule has 1 aromatic heterocycles. The maximum atomic E-state index is 12.5. The maximum Gasteiger partial charge on any atom is 0.252 e. The smallest absolute Gasteiger partial charge is 0.252 e.